The molecule has 0 spiro atoms. The average molecular weight is 279 g/mol. The van der Waals surface area contributed by atoms with Gasteiger partial charge in [-0.3, -0.25) is 0 Å². The van der Waals surface area contributed by atoms with Crippen LogP contribution in [0.1, 0.15) is 18.9 Å². The molecule has 7 heteroatoms. The van der Waals surface area contributed by atoms with Gasteiger partial charge in [-0.25, -0.2) is 21.9 Å². The number of sulfonamides is 1. The first kappa shape index (κ1) is 15.0. The van der Waals surface area contributed by atoms with Gasteiger partial charge in [-0.1, -0.05) is 0 Å². The van der Waals surface area contributed by atoms with Gasteiger partial charge in [-0.05, 0) is 38.0 Å². The van der Waals surface area contributed by atoms with E-state index >= 15 is 0 Å². The quantitative estimate of drug-likeness (QED) is 0.854. The monoisotopic (exact) mass is 279 g/mol. The molecule has 0 aliphatic carbocycles. The maximum atomic E-state index is 13.5. The van der Waals surface area contributed by atoms with Crippen LogP contribution in [-0.4, -0.2) is 26.2 Å². The molecule has 0 heterocycles. The van der Waals surface area contributed by atoms with Crippen LogP contribution in [0.15, 0.2) is 17.0 Å². The summed E-state index contributed by atoms with van der Waals surface area (Å²) in [6.45, 7) is 2.80. The Hall–Kier alpha value is -1.05. The summed E-state index contributed by atoms with van der Waals surface area (Å²) < 4.78 is 52.2. The number of aliphatic hydroxyl groups is 1. The van der Waals surface area contributed by atoms with Crippen molar-refractivity contribution >= 4 is 10.0 Å². The van der Waals surface area contributed by atoms with Crippen LogP contribution in [0.25, 0.3) is 0 Å². The van der Waals surface area contributed by atoms with Gasteiger partial charge >= 0.3 is 0 Å². The lowest BCUT2D eigenvalue weighted by Crippen LogP contribution is -2.27. The van der Waals surface area contributed by atoms with E-state index in [4.69, 9.17) is 5.11 Å². The number of aliphatic hydroxyl groups excluding tert-OH is 1. The second kappa shape index (κ2) is 5.73. The molecule has 0 aromatic heterocycles. The van der Waals surface area contributed by atoms with Crippen molar-refractivity contribution in [2.24, 2.45) is 0 Å². The summed E-state index contributed by atoms with van der Waals surface area (Å²) in [4.78, 5) is -0.726. The number of hydrogen-bond acceptors (Lipinski definition) is 3. The molecule has 0 aliphatic rings. The van der Waals surface area contributed by atoms with Gasteiger partial charge in [0.2, 0.25) is 10.0 Å². The molecule has 0 saturated heterocycles. The summed E-state index contributed by atoms with van der Waals surface area (Å²) in [5, 5.41) is 8.99. The Kier molecular flexibility index (Phi) is 4.78. The summed E-state index contributed by atoms with van der Waals surface area (Å²) >= 11 is 0. The van der Waals surface area contributed by atoms with Gasteiger partial charge in [0.1, 0.15) is 16.5 Å². The molecule has 0 bridgehead atoms. The Balaban J connectivity index is 2.95. The molecule has 0 fully saturated rings. The summed E-state index contributed by atoms with van der Waals surface area (Å²) in [6.07, 6.45) is -0.484. The van der Waals surface area contributed by atoms with E-state index in [-0.39, 0.29) is 18.5 Å². The lowest BCUT2D eigenvalue weighted by atomic mass is 10.2. The third kappa shape index (κ3) is 3.72. The molecular formula is C11H15F2NO3S. The molecule has 0 aliphatic heterocycles. The van der Waals surface area contributed by atoms with Crippen LogP contribution in [0.4, 0.5) is 8.78 Å². The Morgan fingerprint density at radius 1 is 1.33 bits per heavy atom. The third-order valence-electron chi connectivity index (χ3n) is 2.36. The number of rotatable bonds is 5. The maximum absolute atomic E-state index is 13.5. The zero-order valence-corrected chi connectivity index (χ0v) is 10.9. The zero-order valence-electron chi connectivity index (χ0n) is 10.1. The molecule has 1 rings (SSSR count). The van der Waals surface area contributed by atoms with Gasteiger partial charge in [0.15, 0.2) is 0 Å². The Labute approximate surface area is 105 Å². The molecule has 1 atom stereocenters. The average Bonchev–Trinajstić information content (AvgIpc) is 2.22. The molecule has 4 nitrogen and oxygen atoms in total. The molecule has 1 aromatic carbocycles. The van der Waals surface area contributed by atoms with Crippen LogP contribution < -0.4 is 4.72 Å². The minimum Gasteiger partial charge on any atom is -0.393 e. The van der Waals surface area contributed by atoms with Gasteiger partial charge < -0.3 is 5.11 Å². The van der Waals surface area contributed by atoms with Crippen molar-refractivity contribution in [3.63, 3.8) is 0 Å². The summed E-state index contributed by atoms with van der Waals surface area (Å²) in [6, 6.07) is 1.48. The maximum Gasteiger partial charge on any atom is 0.243 e. The fourth-order valence-corrected chi connectivity index (χ4v) is 2.43. The molecule has 2 N–H and O–H groups in total. The highest BCUT2D eigenvalue weighted by Gasteiger charge is 2.20. The first-order chi connectivity index (χ1) is 8.24. The van der Waals surface area contributed by atoms with Gasteiger partial charge in [0, 0.05) is 6.54 Å². The van der Waals surface area contributed by atoms with Crippen molar-refractivity contribution < 1.29 is 22.3 Å². The second-order valence-corrected chi connectivity index (χ2v) is 5.80. The Morgan fingerprint density at radius 2 is 1.94 bits per heavy atom. The van der Waals surface area contributed by atoms with E-state index in [0.29, 0.717) is 6.07 Å². The number of aryl methyl sites for hydroxylation is 1. The standard InChI is InChI=1S/C11H15F2NO3S/c1-7-5-10(13)11(6-9(7)12)18(16,17)14-4-3-8(2)15/h5-6,8,14-15H,3-4H2,1-2H3. The molecule has 1 unspecified atom stereocenters. The second-order valence-electron chi connectivity index (χ2n) is 4.07. The van der Waals surface area contributed by atoms with Crippen LogP contribution in [0.2, 0.25) is 0 Å². The third-order valence-corrected chi connectivity index (χ3v) is 3.83. The van der Waals surface area contributed by atoms with Crippen molar-refractivity contribution in [2.75, 3.05) is 6.54 Å². The minimum absolute atomic E-state index is 0.0374. The molecule has 18 heavy (non-hydrogen) atoms. The number of hydrogen-bond donors (Lipinski definition) is 2. The molecule has 102 valence electrons. The topological polar surface area (TPSA) is 66.4 Å². The molecule has 0 radical (unpaired) electrons. The van der Waals surface area contributed by atoms with Crippen molar-refractivity contribution in [3.05, 3.63) is 29.3 Å². The molecule has 0 amide bonds. The SMILES string of the molecule is Cc1cc(F)c(S(=O)(=O)NCCC(C)O)cc1F. The zero-order chi connectivity index (χ0) is 13.9. The van der Waals surface area contributed by atoms with Crippen molar-refractivity contribution in [1.82, 2.24) is 4.72 Å². The van der Waals surface area contributed by atoms with E-state index in [2.05, 4.69) is 4.72 Å². The lowest BCUT2D eigenvalue weighted by molar-refractivity contribution is 0.186. The highest BCUT2D eigenvalue weighted by Crippen LogP contribution is 2.18. The van der Waals surface area contributed by atoms with Crippen LogP contribution in [0.5, 0.6) is 0 Å². The van der Waals surface area contributed by atoms with Gasteiger partial charge in [-0.2, -0.15) is 0 Å². The van der Waals surface area contributed by atoms with Crippen LogP contribution in [0, 0.1) is 18.6 Å². The summed E-state index contributed by atoms with van der Waals surface area (Å²) in [5.41, 5.74) is 0.0374. The number of benzene rings is 1. The van der Waals surface area contributed by atoms with Gasteiger partial charge in [0.25, 0.3) is 0 Å². The van der Waals surface area contributed by atoms with E-state index in [1.807, 2.05) is 0 Å². The first-order valence-corrected chi connectivity index (χ1v) is 6.85. The van der Waals surface area contributed by atoms with Crippen molar-refractivity contribution in [3.8, 4) is 0 Å². The van der Waals surface area contributed by atoms with E-state index in [0.717, 1.165) is 6.07 Å². The summed E-state index contributed by atoms with van der Waals surface area (Å²) in [7, 11) is -4.10. The first-order valence-electron chi connectivity index (χ1n) is 5.37. The molecule has 0 saturated carbocycles. The van der Waals surface area contributed by atoms with E-state index in [1.54, 1.807) is 0 Å². The molecular weight excluding hydrogens is 264 g/mol. The van der Waals surface area contributed by atoms with Crippen molar-refractivity contribution in [1.29, 1.82) is 0 Å². The van der Waals surface area contributed by atoms with Crippen LogP contribution in [-0.2, 0) is 10.0 Å². The van der Waals surface area contributed by atoms with E-state index < -0.39 is 32.7 Å². The van der Waals surface area contributed by atoms with Crippen LogP contribution in [0.3, 0.4) is 0 Å². The van der Waals surface area contributed by atoms with E-state index in [9.17, 15) is 17.2 Å². The fourth-order valence-electron chi connectivity index (χ4n) is 1.31. The number of halogens is 2. The largest absolute Gasteiger partial charge is 0.393 e. The molecule has 1 aromatic rings. The predicted molar refractivity (Wildman–Crippen MR) is 62.6 cm³/mol. The Bertz CT molecular complexity index is 529. The normalized spacial score (nSPS) is 13.6. The highest BCUT2D eigenvalue weighted by atomic mass is 32.2. The highest BCUT2D eigenvalue weighted by molar-refractivity contribution is 7.89. The van der Waals surface area contributed by atoms with Crippen molar-refractivity contribution in [2.45, 2.75) is 31.3 Å². The predicted octanol–water partition coefficient (Wildman–Crippen LogP) is 1.32. The minimum atomic E-state index is -4.10. The van der Waals surface area contributed by atoms with E-state index in [1.165, 1.54) is 13.8 Å². The lowest BCUT2D eigenvalue weighted by Gasteiger charge is -2.09. The summed E-state index contributed by atoms with van der Waals surface area (Å²) in [5.74, 6) is -1.79. The van der Waals surface area contributed by atoms with Gasteiger partial charge in [0.05, 0.1) is 6.10 Å². The smallest absolute Gasteiger partial charge is 0.243 e. The van der Waals surface area contributed by atoms with Gasteiger partial charge in [-0.15, -0.1) is 0 Å². The number of nitrogens with one attached hydrogen (secondary N) is 1. The fraction of sp³-hybridized carbons (Fsp3) is 0.455. The Morgan fingerprint density at radius 3 is 2.50 bits per heavy atom. The van der Waals surface area contributed by atoms with Crippen LogP contribution >= 0.6 is 0 Å².